The van der Waals surface area contributed by atoms with E-state index in [0.29, 0.717) is 17.1 Å². The zero-order valence-electron chi connectivity index (χ0n) is 17.2. The van der Waals surface area contributed by atoms with Gasteiger partial charge >= 0.3 is 5.69 Å². The molecule has 1 aliphatic rings. The number of aliphatic hydroxyl groups is 1. The summed E-state index contributed by atoms with van der Waals surface area (Å²) in [7, 11) is 3.08. The van der Waals surface area contributed by atoms with Crippen LogP contribution in [0.5, 0.6) is 0 Å². The fraction of sp³-hybridized carbons (Fsp3) is 0.737. The molecule has 28 heavy (non-hydrogen) atoms. The van der Waals surface area contributed by atoms with Crippen molar-refractivity contribution in [2.75, 3.05) is 24.6 Å². The number of fused-ring (bicyclic) bond motifs is 1. The van der Waals surface area contributed by atoms with Crippen molar-refractivity contribution in [3.63, 3.8) is 0 Å². The largest absolute Gasteiger partial charge is 0.389 e. The minimum atomic E-state index is -0.785. The topological polar surface area (TPSA) is 94.5 Å². The van der Waals surface area contributed by atoms with E-state index >= 15 is 0 Å². The summed E-state index contributed by atoms with van der Waals surface area (Å²) in [6.07, 6.45) is 3.67. The van der Waals surface area contributed by atoms with E-state index in [1.807, 2.05) is 13.8 Å². The number of rotatable bonds is 6. The van der Waals surface area contributed by atoms with Crippen LogP contribution in [0.15, 0.2) is 9.59 Å². The lowest BCUT2D eigenvalue weighted by Crippen LogP contribution is -2.38. The Morgan fingerprint density at radius 2 is 1.71 bits per heavy atom. The monoisotopic (exact) mass is 393 g/mol. The maximum atomic E-state index is 12.9. The molecule has 9 nitrogen and oxygen atoms in total. The minimum absolute atomic E-state index is 0.00736. The molecule has 0 amide bonds. The number of hydrogen-bond acceptors (Lipinski definition) is 6. The highest BCUT2D eigenvalue weighted by Crippen LogP contribution is 2.23. The van der Waals surface area contributed by atoms with Crippen LogP contribution in [0.4, 0.5) is 5.95 Å². The Hall–Kier alpha value is -2.13. The summed E-state index contributed by atoms with van der Waals surface area (Å²) in [5, 5.41) is 10.5. The van der Waals surface area contributed by atoms with Crippen LogP contribution in [-0.2, 0) is 25.4 Å². The number of aliphatic hydroxyl groups excluding tert-OH is 1. The summed E-state index contributed by atoms with van der Waals surface area (Å²) >= 11 is 0. The molecule has 1 atom stereocenters. The van der Waals surface area contributed by atoms with Crippen molar-refractivity contribution >= 4 is 17.1 Å². The predicted molar refractivity (Wildman–Crippen MR) is 108 cm³/mol. The van der Waals surface area contributed by atoms with Gasteiger partial charge in [0.2, 0.25) is 5.95 Å². The van der Waals surface area contributed by atoms with E-state index in [0.717, 1.165) is 30.5 Å². The molecule has 0 radical (unpaired) electrons. The second-order valence-corrected chi connectivity index (χ2v) is 7.84. The van der Waals surface area contributed by atoms with E-state index in [4.69, 9.17) is 4.74 Å². The molecule has 1 saturated heterocycles. The fourth-order valence-electron chi connectivity index (χ4n) is 3.69. The second kappa shape index (κ2) is 8.48. The number of anilines is 1. The van der Waals surface area contributed by atoms with E-state index in [2.05, 4.69) is 9.88 Å². The molecule has 9 heteroatoms. The van der Waals surface area contributed by atoms with E-state index in [9.17, 15) is 14.7 Å². The molecule has 2 aromatic heterocycles. The van der Waals surface area contributed by atoms with Gasteiger partial charge in [-0.05, 0) is 26.7 Å². The smallest absolute Gasteiger partial charge is 0.332 e. The standard InChI is InChI=1S/C19H31N5O4/c1-13(2)28-12-14(25)11-24-15-16(21(3)19(27)22(4)17(15)26)20-18(24)23-9-7-5-6-8-10-23/h13-14,25H,5-12H2,1-4H3/t14-/m0/s1. The van der Waals surface area contributed by atoms with Gasteiger partial charge in [0, 0.05) is 27.2 Å². The van der Waals surface area contributed by atoms with E-state index in [1.165, 1.54) is 24.5 Å². The Bertz CT molecular complexity index is 934. The Balaban J connectivity index is 2.12. The summed E-state index contributed by atoms with van der Waals surface area (Å²) in [6, 6.07) is 0. The van der Waals surface area contributed by atoms with Crippen LogP contribution in [0.3, 0.4) is 0 Å². The predicted octanol–water partition coefficient (Wildman–Crippen LogP) is 0.600. The number of nitrogens with zero attached hydrogens (tertiary/aromatic N) is 5. The number of hydrogen-bond donors (Lipinski definition) is 1. The van der Waals surface area contributed by atoms with Crippen molar-refractivity contribution in [1.82, 2.24) is 18.7 Å². The number of aromatic nitrogens is 4. The molecule has 1 aliphatic heterocycles. The van der Waals surface area contributed by atoms with Gasteiger partial charge in [-0.1, -0.05) is 12.8 Å². The molecular weight excluding hydrogens is 362 g/mol. The maximum absolute atomic E-state index is 12.9. The third-order valence-electron chi connectivity index (χ3n) is 5.23. The van der Waals surface area contributed by atoms with Gasteiger partial charge in [0.1, 0.15) is 0 Å². The van der Waals surface area contributed by atoms with Gasteiger partial charge in [0.05, 0.1) is 25.4 Å². The van der Waals surface area contributed by atoms with Crippen molar-refractivity contribution in [2.45, 2.75) is 58.3 Å². The molecule has 3 rings (SSSR count). The van der Waals surface area contributed by atoms with Gasteiger partial charge in [0.15, 0.2) is 11.2 Å². The van der Waals surface area contributed by atoms with Crippen LogP contribution in [-0.4, -0.2) is 55.7 Å². The Kier molecular flexibility index (Phi) is 6.24. The first-order valence-electron chi connectivity index (χ1n) is 10.0. The zero-order valence-corrected chi connectivity index (χ0v) is 17.2. The highest BCUT2D eigenvalue weighted by molar-refractivity contribution is 5.74. The van der Waals surface area contributed by atoms with E-state index in [-0.39, 0.29) is 19.3 Å². The average Bonchev–Trinajstić information content (AvgIpc) is 2.83. The summed E-state index contributed by atoms with van der Waals surface area (Å²) in [5.74, 6) is 0.638. The Morgan fingerprint density at radius 3 is 2.32 bits per heavy atom. The van der Waals surface area contributed by atoms with Gasteiger partial charge in [-0.25, -0.2) is 4.79 Å². The van der Waals surface area contributed by atoms with Gasteiger partial charge in [-0.2, -0.15) is 4.98 Å². The summed E-state index contributed by atoms with van der Waals surface area (Å²) in [4.78, 5) is 32.1. The quantitative estimate of drug-likeness (QED) is 0.772. The zero-order chi connectivity index (χ0) is 20.4. The third kappa shape index (κ3) is 4.00. The Morgan fingerprint density at radius 1 is 1.07 bits per heavy atom. The van der Waals surface area contributed by atoms with Gasteiger partial charge < -0.3 is 19.3 Å². The van der Waals surface area contributed by atoms with Crippen molar-refractivity contribution in [1.29, 1.82) is 0 Å². The summed E-state index contributed by atoms with van der Waals surface area (Å²) in [6.45, 7) is 5.86. The van der Waals surface area contributed by atoms with Gasteiger partial charge in [0.25, 0.3) is 5.56 Å². The highest BCUT2D eigenvalue weighted by Gasteiger charge is 2.24. The lowest BCUT2D eigenvalue weighted by Gasteiger charge is -2.24. The number of imidazole rings is 1. The number of ether oxygens (including phenoxy) is 1. The SMILES string of the molecule is CC(C)OC[C@@H](O)Cn1c(N2CCCCCC2)nc2c1c(=O)n(C)c(=O)n2C. The fourth-order valence-corrected chi connectivity index (χ4v) is 3.69. The van der Waals surface area contributed by atoms with Gasteiger partial charge in [-0.3, -0.25) is 13.9 Å². The molecular formula is C19H31N5O4. The first kappa shape index (κ1) is 20.6. The molecule has 2 aromatic rings. The molecule has 0 unspecified atom stereocenters. The third-order valence-corrected chi connectivity index (χ3v) is 5.23. The van der Waals surface area contributed by atoms with Crippen LogP contribution in [0.2, 0.25) is 0 Å². The molecule has 0 spiro atoms. The molecule has 0 bridgehead atoms. The summed E-state index contributed by atoms with van der Waals surface area (Å²) < 4.78 is 9.77. The molecule has 0 aliphatic carbocycles. The average molecular weight is 393 g/mol. The van der Waals surface area contributed by atoms with Crippen LogP contribution >= 0.6 is 0 Å². The molecule has 0 aromatic carbocycles. The molecule has 3 heterocycles. The normalized spacial score (nSPS) is 16.7. The van der Waals surface area contributed by atoms with Crippen molar-refractivity contribution in [3.05, 3.63) is 20.8 Å². The first-order chi connectivity index (χ1) is 13.3. The molecule has 1 fully saturated rings. The van der Waals surface area contributed by atoms with Crippen LogP contribution in [0, 0.1) is 0 Å². The van der Waals surface area contributed by atoms with Crippen LogP contribution < -0.4 is 16.1 Å². The lowest BCUT2D eigenvalue weighted by atomic mass is 10.2. The number of aryl methyl sites for hydroxylation is 1. The van der Waals surface area contributed by atoms with Crippen LogP contribution in [0.25, 0.3) is 11.2 Å². The molecule has 156 valence electrons. The lowest BCUT2D eigenvalue weighted by molar-refractivity contribution is -0.000180. The Labute approximate surface area is 164 Å². The second-order valence-electron chi connectivity index (χ2n) is 7.84. The molecule has 1 N–H and O–H groups in total. The highest BCUT2D eigenvalue weighted by atomic mass is 16.5. The van der Waals surface area contributed by atoms with Crippen LogP contribution in [0.1, 0.15) is 39.5 Å². The molecule has 0 saturated carbocycles. The minimum Gasteiger partial charge on any atom is -0.389 e. The first-order valence-corrected chi connectivity index (χ1v) is 10.0. The van der Waals surface area contributed by atoms with E-state index in [1.54, 1.807) is 11.6 Å². The maximum Gasteiger partial charge on any atom is 0.332 e. The van der Waals surface area contributed by atoms with Crippen molar-refractivity contribution in [2.24, 2.45) is 14.1 Å². The summed E-state index contributed by atoms with van der Waals surface area (Å²) in [5.41, 5.74) is -0.117. The van der Waals surface area contributed by atoms with Gasteiger partial charge in [-0.15, -0.1) is 0 Å². The van der Waals surface area contributed by atoms with Crippen molar-refractivity contribution < 1.29 is 9.84 Å². The van der Waals surface area contributed by atoms with Crippen molar-refractivity contribution in [3.8, 4) is 0 Å². The van der Waals surface area contributed by atoms with E-state index < -0.39 is 17.4 Å².